The molecule has 0 aliphatic heterocycles. The molecule has 3 aromatic rings. The zero-order valence-corrected chi connectivity index (χ0v) is 14.0. The molecule has 0 bridgehead atoms. The Morgan fingerprint density at radius 3 is 2.84 bits per heavy atom. The number of ether oxygens (including phenoxy) is 1. The van der Waals surface area contributed by atoms with E-state index in [4.69, 9.17) is 14.3 Å². The molecule has 2 aromatic heterocycles. The largest absolute Gasteiger partial charge is 0.461 e. The highest BCUT2D eigenvalue weighted by Gasteiger charge is 2.14. The molecule has 0 unspecified atom stereocenters. The van der Waals surface area contributed by atoms with Crippen LogP contribution in [0.4, 0.5) is 0 Å². The first-order chi connectivity index (χ1) is 12.1. The summed E-state index contributed by atoms with van der Waals surface area (Å²) in [5.41, 5.74) is 2.48. The van der Waals surface area contributed by atoms with Crippen LogP contribution in [-0.2, 0) is 11.3 Å². The minimum absolute atomic E-state index is 0.200. The number of oxazole rings is 1. The van der Waals surface area contributed by atoms with Crippen LogP contribution in [0.25, 0.3) is 22.7 Å². The van der Waals surface area contributed by atoms with E-state index in [1.807, 2.05) is 38.1 Å². The van der Waals surface area contributed by atoms with Gasteiger partial charge in [-0.25, -0.2) is 9.78 Å². The van der Waals surface area contributed by atoms with Crippen molar-refractivity contribution in [3.63, 3.8) is 0 Å². The SMILES string of the molecule is CC(C)COC(=O)c1cc(-c2cccc(-c3ncc(CO)o3)c2)n[nH]1. The predicted octanol–water partition coefficient (Wildman–Crippen LogP) is 3.04. The molecule has 0 amide bonds. The number of aliphatic hydroxyl groups is 1. The first-order valence-electron chi connectivity index (χ1n) is 7.95. The van der Waals surface area contributed by atoms with E-state index >= 15 is 0 Å². The first kappa shape index (κ1) is 16.9. The minimum Gasteiger partial charge on any atom is -0.461 e. The third kappa shape index (κ3) is 3.95. The topological polar surface area (TPSA) is 101 Å². The summed E-state index contributed by atoms with van der Waals surface area (Å²) in [5, 5.41) is 15.9. The molecule has 7 nitrogen and oxygen atoms in total. The van der Waals surface area contributed by atoms with Crippen LogP contribution in [0.2, 0.25) is 0 Å². The van der Waals surface area contributed by atoms with Crippen LogP contribution in [-0.4, -0.2) is 32.9 Å². The summed E-state index contributed by atoms with van der Waals surface area (Å²) in [5.74, 6) is 0.657. The van der Waals surface area contributed by atoms with Gasteiger partial charge in [0.1, 0.15) is 18.1 Å². The normalized spacial score (nSPS) is 11.0. The molecule has 0 saturated heterocycles. The van der Waals surface area contributed by atoms with Gasteiger partial charge in [-0.3, -0.25) is 5.10 Å². The van der Waals surface area contributed by atoms with Gasteiger partial charge in [-0.05, 0) is 24.1 Å². The lowest BCUT2D eigenvalue weighted by molar-refractivity contribution is 0.0452. The zero-order chi connectivity index (χ0) is 17.8. The Balaban J connectivity index is 1.81. The second kappa shape index (κ2) is 7.31. The van der Waals surface area contributed by atoms with Crippen molar-refractivity contribution >= 4 is 5.97 Å². The maximum absolute atomic E-state index is 12.0. The van der Waals surface area contributed by atoms with Gasteiger partial charge in [0.15, 0.2) is 0 Å². The highest BCUT2D eigenvalue weighted by molar-refractivity contribution is 5.88. The lowest BCUT2D eigenvalue weighted by atomic mass is 10.1. The molecule has 2 heterocycles. The average molecular weight is 341 g/mol. The van der Waals surface area contributed by atoms with E-state index in [9.17, 15) is 4.79 Å². The van der Waals surface area contributed by atoms with Crippen molar-refractivity contribution in [3.8, 4) is 22.7 Å². The zero-order valence-electron chi connectivity index (χ0n) is 14.0. The van der Waals surface area contributed by atoms with E-state index < -0.39 is 5.97 Å². The summed E-state index contributed by atoms with van der Waals surface area (Å²) < 4.78 is 10.6. The number of aliphatic hydroxyl groups excluding tert-OH is 1. The lowest BCUT2D eigenvalue weighted by Gasteiger charge is -2.04. The summed E-state index contributed by atoms with van der Waals surface area (Å²) in [4.78, 5) is 16.1. The predicted molar refractivity (Wildman–Crippen MR) is 90.6 cm³/mol. The first-order valence-corrected chi connectivity index (χ1v) is 7.95. The van der Waals surface area contributed by atoms with Crippen molar-refractivity contribution in [2.75, 3.05) is 6.61 Å². The molecule has 25 heavy (non-hydrogen) atoms. The number of H-pyrrole nitrogens is 1. The van der Waals surface area contributed by atoms with Crippen molar-refractivity contribution < 1.29 is 19.1 Å². The second-order valence-corrected chi connectivity index (χ2v) is 6.03. The van der Waals surface area contributed by atoms with E-state index in [0.717, 1.165) is 11.1 Å². The summed E-state index contributed by atoms with van der Waals surface area (Å²) in [6.45, 7) is 4.11. The van der Waals surface area contributed by atoms with Crippen LogP contribution in [0.15, 0.2) is 40.9 Å². The quantitative estimate of drug-likeness (QED) is 0.668. The number of hydrogen-bond acceptors (Lipinski definition) is 6. The molecule has 3 rings (SSSR count). The van der Waals surface area contributed by atoms with Gasteiger partial charge in [0.25, 0.3) is 0 Å². The number of carbonyl (C=O) groups is 1. The Kier molecular flexibility index (Phi) is 4.95. The number of esters is 1. The summed E-state index contributed by atoms with van der Waals surface area (Å²) in [7, 11) is 0. The summed E-state index contributed by atoms with van der Waals surface area (Å²) in [6.07, 6.45) is 1.49. The van der Waals surface area contributed by atoms with E-state index in [0.29, 0.717) is 29.6 Å². The van der Waals surface area contributed by atoms with Crippen LogP contribution >= 0.6 is 0 Å². The maximum atomic E-state index is 12.0. The Bertz CT molecular complexity index is 867. The van der Waals surface area contributed by atoms with Gasteiger partial charge >= 0.3 is 5.97 Å². The van der Waals surface area contributed by atoms with Crippen LogP contribution in [0.1, 0.15) is 30.1 Å². The number of benzene rings is 1. The number of carbonyl (C=O) groups excluding carboxylic acids is 1. The number of aromatic nitrogens is 3. The number of hydrogen-bond donors (Lipinski definition) is 2. The average Bonchev–Trinajstić information content (AvgIpc) is 3.29. The highest BCUT2D eigenvalue weighted by atomic mass is 16.5. The minimum atomic E-state index is -0.427. The molecule has 0 spiro atoms. The summed E-state index contributed by atoms with van der Waals surface area (Å²) >= 11 is 0. The Morgan fingerprint density at radius 1 is 1.32 bits per heavy atom. The standard InChI is InChI=1S/C18H19N3O4/c1-11(2)10-24-18(23)16-7-15(20-21-16)12-4-3-5-13(6-12)17-19-8-14(9-22)25-17/h3-8,11,22H,9-10H2,1-2H3,(H,20,21). The lowest BCUT2D eigenvalue weighted by Crippen LogP contribution is -2.10. The molecule has 2 N–H and O–H groups in total. The number of rotatable bonds is 6. The van der Waals surface area contributed by atoms with Gasteiger partial charge in [-0.1, -0.05) is 26.0 Å². The number of aromatic amines is 1. The Morgan fingerprint density at radius 2 is 2.12 bits per heavy atom. The molecule has 0 atom stereocenters. The van der Waals surface area contributed by atoms with Crippen LogP contribution in [0.5, 0.6) is 0 Å². The summed E-state index contributed by atoms with van der Waals surface area (Å²) in [6, 6.07) is 9.07. The van der Waals surface area contributed by atoms with Gasteiger partial charge in [0.2, 0.25) is 5.89 Å². The van der Waals surface area contributed by atoms with Gasteiger partial charge in [-0.2, -0.15) is 5.10 Å². The fraction of sp³-hybridized carbons (Fsp3) is 0.278. The molecule has 0 radical (unpaired) electrons. The van der Waals surface area contributed by atoms with Crippen LogP contribution < -0.4 is 0 Å². The fourth-order valence-electron chi connectivity index (χ4n) is 2.22. The highest BCUT2D eigenvalue weighted by Crippen LogP contribution is 2.25. The van der Waals surface area contributed by atoms with Gasteiger partial charge in [-0.15, -0.1) is 0 Å². The molecule has 1 aromatic carbocycles. The van der Waals surface area contributed by atoms with Crippen molar-refractivity contribution in [2.24, 2.45) is 5.92 Å². The van der Waals surface area contributed by atoms with E-state index in [2.05, 4.69) is 15.2 Å². The van der Waals surface area contributed by atoms with Crippen LogP contribution in [0.3, 0.4) is 0 Å². The molecule has 7 heteroatoms. The van der Waals surface area contributed by atoms with Crippen molar-refractivity contribution in [1.29, 1.82) is 0 Å². The van der Waals surface area contributed by atoms with Crippen molar-refractivity contribution in [2.45, 2.75) is 20.5 Å². The van der Waals surface area contributed by atoms with E-state index in [1.165, 1.54) is 6.20 Å². The third-order valence-electron chi connectivity index (χ3n) is 3.46. The van der Waals surface area contributed by atoms with Gasteiger partial charge in [0, 0.05) is 11.1 Å². The Hall–Kier alpha value is -2.93. The number of nitrogens with zero attached hydrogens (tertiary/aromatic N) is 2. The molecule has 0 fully saturated rings. The maximum Gasteiger partial charge on any atom is 0.356 e. The van der Waals surface area contributed by atoms with Crippen LogP contribution in [0, 0.1) is 5.92 Å². The molecule has 130 valence electrons. The molecule has 0 saturated carbocycles. The van der Waals surface area contributed by atoms with Gasteiger partial charge in [0.05, 0.1) is 18.5 Å². The van der Waals surface area contributed by atoms with E-state index in [-0.39, 0.29) is 12.5 Å². The fourth-order valence-corrected chi connectivity index (χ4v) is 2.22. The molecular formula is C18H19N3O4. The van der Waals surface area contributed by atoms with Gasteiger partial charge < -0.3 is 14.3 Å². The molecular weight excluding hydrogens is 322 g/mol. The van der Waals surface area contributed by atoms with E-state index in [1.54, 1.807) is 6.07 Å². The smallest absolute Gasteiger partial charge is 0.356 e. The van der Waals surface area contributed by atoms with Crippen molar-refractivity contribution in [3.05, 3.63) is 48.0 Å². The number of nitrogens with one attached hydrogen (secondary N) is 1. The second-order valence-electron chi connectivity index (χ2n) is 6.03. The Labute approximate surface area is 144 Å². The molecule has 0 aliphatic rings. The monoisotopic (exact) mass is 341 g/mol. The third-order valence-corrected chi connectivity index (χ3v) is 3.46. The molecule has 0 aliphatic carbocycles. The van der Waals surface area contributed by atoms with Crippen molar-refractivity contribution in [1.82, 2.24) is 15.2 Å².